The third-order valence-corrected chi connectivity index (χ3v) is 5.24. The summed E-state index contributed by atoms with van der Waals surface area (Å²) in [6, 6.07) is 7.86. The molecule has 186 valence electrons. The molecule has 2 rings (SSSR count). The van der Waals surface area contributed by atoms with Gasteiger partial charge in [0, 0.05) is 19.1 Å². The molecular formula is C26H33FO7. The van der Waals surface area contributed by atoms with E-state index in [1.54, 1.807) is 32.4 Å². The number of benzene rings is 2. The molecule has 7 nitrogen and oxygen atoms in total. The predicted molar refractivity (Wildman–Crippen MR) is 128 cm³/mol. The Morgan fingerprint density at radius 2 is 1.79 bits per heavy atom. The van der Waals surface area contributed by atoms with Crippen molar-refractivity contribution in [2.45, 2.75) is 44.8 Å². The summed E-state index contributed by atoms with van der Waals surface area (Å²) < 4.78 is 30.4. The molecule has 2 unspecified atom stereocenters. The topological polar surface area (TPSA) is 105 Å². The first kappa shape index (κ1) is 27.3. The smallest absolute Gasteiger partial charge is 0.305 e. The fraction of sp³-hybridized carbons (Fsp3) is 0.423. The van der Waals surface area contributed by atoms with Crippen molar-refractivity contribution in [2.24, 2.45) is 0 Å². The van der Waals surface area contributed by atoms with Gasteiger partial charge < -0.3 is 29.5 Å². The quantitative estimate of drug-likeness (QED) is 0.371. The number of aliphatic hydroxyl groups excluding tert-OH is 2. The number of aliphatic carboxylic acids is 1. The van der Waals surface area contributed by atoms with E-state index in [-0.39, 0.29) is 24.8 Å². The Morgan fingerprint density at radius 3 is 2.35 bits per heavy atom. The third-order valence-electron chi connectivity index (χ3n) is 5.24. The van der Waals surface area contributed by atoms with Gasteiger partial charge in [0.25, 0.3) is 0 Å². The second-order valence-corrected chi connectivity index (χ2v) is 8.20. The highest BCUT2D eigenvalue weighted by Crippen LogP contribution is 2.45. The van der Waals surface area contributed by atoms with E-state index in [0.717, 1.165) is 11.1 Å². The normalized spacial score (nSPS) is 13.3. The van der Waals surface area contributed by atoms with E-state index in [1.165, 1.54) is 18.2 Å². The molecule has 2 aromatic carbocycles. The van der Waals surface area contributed by atoms with Crippen molar-refractivity contribution in [3.63, 3.8) is 0 Å². The van der Waals surface area contributed by atoms with Crippen LogP contribution in [0.25, 0.3) is 17.2 Å². The fourth-order valence-electron chi connectivity index (χ4n) is 3.61. The standard InChI is InChI=1S/C26H33FO7/c1-16(2)22-15-23(33-4)26(34-12-11-32-3)25(17-5-7-18(27)8-6-17)21(22)10-9-19(28)13-20(29)14-24(30)31/h5-10,15-16,19-20,28-29H,11-14H2,1-4H3,(H,30,31)/b10-9+. The number of rotatable bonds is 13. The minimum atomic E-state index is -1.18. The van der Waals surface area contributed by atoms with Crippen molar-refractivity contribution >= 4 is 12.0 Å². The number of ether oxygens (including phenoxy) is 3. The van der Waals surface area contributed by atoms with Crippen LogP contribution in [0.3, 0.4) is 0 Å². The van der Waals surface area contributed by atoms with Crippen molar-refractivity contribution in [1.29, 1.82) is 0 Å². The predicted octanol–water partition coefficient (Wildman–Crippen LogP) is 4.25. The average molecular weight is 477 g/mol. The zero-order chi connectivity index (χ0) is 25.3. The molecule has 2 atom stereocenters. The molecule has 0 spiro atoms. The van der Waals surface area contributed by atoms with Gasteiger partial charge in [-0.15, -0.1) is 0 Å². The van der Waals surface area contributed by atoms with Crippen LogP contribution < -0.4 is 9.47 Å². The van der Waals surface area contributed by atoms with E-state index in [1.807, 2.05) is 19.9 Å². The summed E-state index contributed by atoms with van der Waals surface area (Å²) in [6.07, 6.45) is 0.388. The van der Waals surface area contributed by atoms with Gasteiger partial charge in [-0.25, -0.2) is 4.39 Å². The summed E-state index contributed by atoms with van der Waals surface area (Å²) in [6.45, 7) is 4.64. The summed E-state index contributed by atoms with van der Waals surface area (Å²) in [5.74, 6) is -0.491. The van der Waals surface area contributed by atoms with Gasteiger partial charge in [-0.2, -0.15) is 0 Å². The number of carbonyl (C=O) groups is 1. The Hall–Kier alpha value is -2.94. The van der Waals surface area contributed by atoms with Crippen LogP contribution in [0.15, 0.2) is 36.4 Å². The van der Waals surface area contributed by atoms with Crippen LogP contribution in [-0.2, 0) is 9.53 Å². The van der Waals surface area contributed by atoms with E-state index < -0.39 is 24.6 Å². The molecule has 0 aromatic heterocycles. The van der Waals surface area contributed by atoms with E-state index in [4.69, 9.17) is 19.3 Å². The Bertz CT molecular complexity index is 970. The van der Waals surface area contributed by atoms with Crippen LogP contribution in [0.2, 0.25) is 0 Å². The van der Waals surface area contributed by atoms with E-state index in [9.17, 15) is 19.4 Å². The molecule has 8 heteroatoms. The molecule has 0 aliphatic rings. The molecule has 3 N–H and O–H groups in total. The Balaban J connectivity index is 2.64. The number of hydrogen-bond acceptors (Lipinski definition) is 6. The van der Waals surface area contributed by atoms with Gasteiger partial charge in [0.05, 0.1) is 32.3 Å². The van der Waals surface area contributed by atoms with Crippen molar-refractivity contribution < 1.29 is 38.7 Å². The molecule has 0 saturated carbocycles. The van der Waals surface area contributed by atoms with Crippen LogP contribution in [0, 0.1) is 5.82 Å². The molecule has 0 bridgehead atoms. The van der Waals surface area contributed by atoms with Gasteiger partial charge in [-0.1, -0.05) is 38.1 Å². The molecule has 0 aliphatic heterocycles. The molecule has 0 radical (unpaired) electrons. The summed E-state index contributed by atoms with van der Waals surface area (Å²) >= 11 is 0. The Morgan fingerprint density at radius 1 is 1.12 bits per heavy atom. The highest BCUT2D eigenvalue weighted by molar-refractivity contribution is 5.85. The maximum absolute atomic E-state index is 13.7. The van der Waals surface area contributed by atoms with E-state index in [0.29, 0.717) is 29.2 Å². The molecule has 0 aliphatic carbocycles. The van der Waals surface area contributed by atoms with Crippen molar-refractivity contribution in [3.05, 3.63) is 53.4 Å². The monoisotopic (exact) mass is 476 g/mol. The van der Waals surface area contributed by atoms with Gasteiger partial charge >= 0.3 is 5.97 Å². The number of carboxylic acid groups (broad SMARTS) is 1. The average Bonchev–Trinajstić information content (AvgIpc) is 2.77. The SMILES string of the molecule is COCCOc1c(OC)cc(C(C)C)c(/C=C/C(O)CC(O)CC(=O)O)c1-c1ccc(F)cc1. The second kappa shape index (κ2) is 13.1. The number of hydrogen-bond donors (Lipinski definition) is 3. The summed E-state index contributed by atoms with van der Waals surface area (Å²) in [5, 5.41) is 29.1. The first-order valence-electron chi connectivity index (χ1n) is 11.1. The highest BCUT2D eigenvalue weighted by atomic mass is 19.1. The molecule has 0 heterocycles. The highest BCUT2D eigenvalue weighted by Gasteiger charge is 2.22. The van der Waals surface area contributed by atoms with Gasteiger partial charge in [-0.05, 0) is 40.8 Å². The Kier molecular flexibility index (Phi) is 10.5. The Labute approximate surface area is 199 Å². The molecule has 0 amide bonds. The first-order valence-corrected chi connectivity index (χ1v) is 11.1. The minimum absolute atomic E-state index is 0.0653. The maximum Gasteiger partial charge on any atom is 0.305 e. The molecule has 34 heavy (non-hydrogen) atoms. The largest absolute Gasteiger partial charge is 0.493 e. The van der Waals surface area contributed by atoms with E-state index >= 15 is 0 Å². The summed E-state index contributed by atoms with van der Waals surface area (Å²) in [4.78, 5) is 10.8. The third kappa shape index (κ3) is 7.55. The van der Waals surface area contributed by atoms with Crippen molar-refractivity contribution in [2.75, 3.05) is 27.4 Å². The molecule has 0 saturated heterocycles. The number of carboxylic acids is 1. The van der Waals surface area contributed by atoms with Crippen LogP contribution in [0.1, 0.15) is 43.7 Å². The molecular weight excluding hydrogens is 443 g/mol. The van der Waals surface area contributed by atoms with Gasteiger partial charge in [0.15, 0.2) is 11.5 Å². The van der Waals surface area contributed by atoms with Gasteiger partial charge in [0.1, 0.15) is 12.4 Å². The van der Waals surface area contributed by atoms with Crippen molar-refractivity contribution in [1.82, 2.24) is 0 Å². The van der Waals surface area contributed by atoms with Crippen LogP contribution in [0.4, 0.5) is 4.39 Å². The fourth-order valence-corrected chi connectivity index (χ4v) is 3.61. The van der Waals surface area contributed by atoms with Crippen molar-refractivity contribution in [3.8, 4) is 22.6 Å². The number of methoxy groups -OCH3 is 2. The maximum atomic E-state index is 13.7. The first-order chi connectivity index (χ1) is 16.2. The second-order valence-electron chi connectivity index (χ2n) is 8.20. The molecule has 0 fully saturated rings. The lowest BCUT2D eigenvalue weighted by Crippen LogP contribution is -2.19. The lowest BCUT2D eigenvalue weighted by molar-refractivity contribution is -0.139. The molecule has 2 aromatic rings. The number of halogens is 1. The summed E-state index contributed by atoms with van der Waals surface area (Å²) in [7, 11) is 3.11. The zero-order valence-electron chi connectivity index (χ0n) is 20.0. The summed E-state index contributed by atoms with van der Waals surface area (Å²) in [5.41, 5.74) is 3.00. The van der Waals surface area contributed by atoms with Gasteiger partial charge in [-0.3, -0.25) is 4.79 Å². The zero-order valence-corrected chi connectivity index (χ0v) is 20.0. The van der Waals surface area contributed by atoms with Crippen LogP contribution >= 0.6 is 0 Å². The lowest BCUT2D eigenvalue weighted by atomic mass is 9.88. The lowest BCUT2D eigenvalue weighted by Gasteiger charge is -2.22. The van der Waals surface area contributed by atoms with Crippen LogP contribution in [0.5, 0.6) is 11.5 Å². The van der Waals surface area contributed by atoms with E-state index in [2.05, 4.69) is 0 Å². The van der Waals surface area contributed by atoms with Gasteiger partial charge in [0.2, 0.25) is 0 Å². The number of aliphatic hydroxyl groups is 2. The minimum Gasteiger partial charge on any atom is -0.493 e. The van der Waals surface area contributed by atoms with Crippen LogP contribution in [-0.4, -0.2) is 60.9 Å².